The Kier molecular flexibility index (Phi) is 5.50. The van der Waals surface area contributed by atoms with Crippen LogP contribution in [0.2, 0.25) is 0 Å². The Morgan fingerprint density at radius 1 is 1.33 bits per heavy atom. The van der Waals surface area contributed by atoms with E-state index < -0.39 is 5.54 Å². The second-order valence-corrected chi connectivity index (χ2v) is 6.14. The Hall–Kier alpha value is -0.710. The Labute approximate surface area is 114 Å². The zero-order valence-electron chi connectivity index (χ0n) is 11.8. The van der Waals surface area contributed by atoms with Crippen molar-refractivity contribution in [2.24, 2.45) is 0 Å². The molecule has 2 amide bonds. The highest BCUT2D eigenvalue weighted by atomic mass is 32.2. The summed E-state index contributed by atoms with van der Waals surface area (Å²) >= 11 is 1.80. The molecule has 1 aliphatic rings. The summed E-state index contributed by atoms with van der Waals surface area (Å²) < 4.78 is 0. The van der Waals surface area contributed by atoms with Crippen LogP contribution in [0.25, 0.3) is 0 Å². The number of hydrogen-bond acceptors (Lipinski definition) is 3. The summed E-state index contributed by atoms with van der Waals surface area (Å²) in [5.41, 5.74) is -0.683. The van der Waals surface area contributed by atoms with Crippen LogP contribution in [-0.4, -0.2) is 46.3 Å². The lowest BCUT2D eigenvalue weighted by Crippen LogP contribution is -2.69. The number of piperazine rings is 1. The molecule has 0 radical (unpaired) electrons. The second kappa shape index (κ2) is 6.45. The van der Waals surface area contributed by atoms with Gasteiger partial charge in [0.2, 0.25) is 11.8 Å². The maximum Gasteiger partial charge on any atom is 0.246 e. The van der Waals surface area contributed by atoms with Gasteiger partial charge in [-0.2, -0.15) is 11.8 Å². The van der Waals surface area contributed by atoms with Crippen molar-refractivity contribution in [2.45, 2.75) is 52.1 Å². The van der Waals surface area contributed by atoms with Gasteiger partial charge < -0.3 is 10.2 Å². The highest BCUT2D eigenvalue weighted by Crippen LogP contribution is 2.26. The molecule has 0 aliphatic carbocycles. The van der Waals surface area contributed by atoms with Crippen molar-refractivity contribution in [3.05, 3.63) is 0 Å². The maximum atomic E-state index is 12.4. The Bertz CT molecular complexity index is 322. The van der Waals surface area contributed by atoms with E-state index in [2.05, 4.69) is 12.2 Å². The minimum Gasteiger partial charge on any atom is -0.342 e. The first-order valence-corrected chi connectivity index (χ1v) is 7.86. The van der Waals surface area contributed by atoms with E-state index in [9.17, 15) is 9.59 Å². The van der Waals surface area contributed by atoms with Gasteiger partial charge in [-0.05, 0) is 25.5 Å². The number of carbonyl (C=O) groups excluding carboxylic acids is 2. The van der Waals surface area contributed by atoms with Crippen LogP contribution in [0.3, 0.4) is 0 Å². The number of nitrogens with zero attached hydrogens (tertiary/aromatic N) is 1. The van der Waals surface area contributed by atoms with E-state index in [4.69, 9.17) is 0 Å². The predicted octanol–water partition coefficient (Wildman–Crippen LogP) is 1.65. The van der Waals surface area contributed by atoms with E-state index in [-0.39, 0.29) is 17.9 Å². The van der Waals surface area contributed by atoms with Gasteiger partial charge >= 0.3 is 0 Å². The quantitative estimate of drug-likeness (QED) is 0.748. The fraction of sp³-hybridized carbons (Fsp3) is 0.846. The van der Waals surface area contributed by atoms with E-state index in [0.717, 1.165) is 11.5 Å². The molecule has 1 rings (SSSR count). The van der Waals surface area contributed by atoms with Crippen LogP contribution >= 0.6 is 11.8 Å². The van der Waals surface area contributed by atoms with Crippen LogP contribution in [0.5, 0.6) is 0 Å². The van der Waals surface area contributed by atoms with E-state index in [1.54, 1.807) is 16.7 Å². The van der Waals surface area contributed by atoms with Crippen LogP contribution in [0.4, 0.5) is 0 Å². The summed E-state index contributed by atoms with van der Waals surface area (Å²) in [5, 5.41) is 2.84. The van der Waals surface area contributed by atoms with Gasteiger partial charge in [-0.25, -0.2) is 0 Å². The van der Waals surface area contributed by atoms with E-state index in [1.165, 1.54) is 0 Å². The molecule has 0 bridgehead atoms. The molecule has 1 N–H and O–H groups in total. The molecule has 0 aromatic rings. The molecule has 0 saturated carbocycles. The smallest absolute Gasteiger partial charge is 0.246 e. The first-order chi connectivity index (χ1) is 8.51. The normalized spacial score (nSPS) is 28.4. The number of nitrogens with one attached hydrogen (secondary N) is 1. The lowest BCUT2D eigenvalue weighted by Gasteiger charge is -2.45. The minimum atomic E-state index is -0.683. The Morgan fingerprint density at radius 2 is 2.00 bits per heavy atom. The van der Waals surface area contributed by atoms with Gasteiger partial charge in [0.15, 0.2) is 0 Å². The van der Waals surface area contributed by atoms with Gasteiger partial charge in [0.05, 0.1) is 0 Å². The molecular weight excluding hydrogens is 248 g/mol. The summed E-state index contributed by atoms with van der Waals surface area (Å²) in [4.78, 5) is 26.3. The van der Waals surface area contributed by atoms with Crippen molar-refractivity contribution < 1.29 is 9.59 Å². The fourth-order valence-corrected chi connectivity index (χ4v) is 2.81. The molecule has 1 heterocycles. The van der Waals surface area contributed by atoms with Gasteiger partial charge in [-0.1, -0.05) is 20.8 Å². The highest BCUT2D eigenvalue weighted by molar-refractivity contribution is 7.99. The molecule has 0 aromatic heterocycles. The van der Waals surface area contributed by atoms with Crippen LogP contribution in [0, 0.1) is 0 Å². The van der Waals surface area contributed by atoms with E-state index >= 15 is 0 Å². The van der Waals surface area contributed by atoms with Crippen molar-refractivity contribution in [1.82, 2.24) is 10.2 Å². The molecule has 1 fully saturated rings. The average Bonchev–Trinajstić information content (AvgIpc) is 2.38. The number of rotatable bonds is 6. The zero-order chi connectivity index (χ0) is 13.8. The van der Waals surface area contributed by atoms with E-state index in [0.29, 0.717) is 19.4 Å². The third kappa shape index (κ3) is 2.82. The molecule has 2 unspecified atom stereocenters. The summed E-state index contributed by atoms with van der Waals surface area (Å²) in [7, 11) is 0. The maximum absolute atomic E-state index is 12.4. The van der Waals surface area contributed by atoms with Gasteiger partial charge in [0, 0.05) is 12.3 Å². The van der Waals surface area contributed by atoms with Crippen LogP contribution in [0.1, 0.15) is 40.5 Å². The van der Waals surface area contributed by atoms with Crippen molar-refractivity contribution in [3.63, 3.8) is 0 Å². The minimum absolute atomic E-state index is 0.0158. The molecule has 104 valence electrons. The lowest BCUT2D eigenvalue weighted by atomic mass is 9.90. The van der Waals surface area contributed by atoms with Gasteiger partial charge in [-0.15, -0.1) is 0 Å². The zero-order valence-corrected chi connectivity index (χ0v) is 12.6. The monoisotopic (exact) mass is 272 g/mol. The number of amides is 2. The highest BCUT2D eigenvalue weighted by Gasteiger charge is 2.47. The summed E-state index contributed by atoms with van der Waals surface area (Å²) in [6, 6.07) is -0.344. The third-order valence-corrected chi connectivity index (χ3v) is 4.59. The summed E-state index contributed by atoms with van der Waals surface area (Å²) in [6.45, 7) is 8.51. The first kappa shape index (κ1) is 15.3. The predicted molar refractivity (Wildman–Crippen MR) is 75.6 cm³/mol. The topological polar surface area (TPSA) is 49.4 Å². The second-order valence-electron chi connectivity index (χ2n) is 4.75. The molecule has 18 heavy (non-hydrogen) atoms. The van der Waals surface area contributed by atoms with Crippen molar-refractivity contribution in [3.8, 4) is 0 Å². The average molecular weight is 272 g/mol. The van der Waals surface area contributed by atoms with Gasteiger partial charge in [0.25, 0.3) is 0 Å². The SMILES string of the molecule is CCSCCN1C(=O)C(CC)NC(=O)C1(C)CC. The van der Waals surface area contributed by atoms with Crippen LogP contribution in [0.15, 0.2) is 0 Å². The largest absolute Gasteiger partial charge is 0.342 e. The standard InChI is InChI=1S/C13H24N2O2S/c1-5-10-11(16)15(8-9-18-7-3)13(4,6-2)12(17)14-10/h10H,5-9H2,1-4H3,(H,14,17). The van der Waals surface area contributed by atoms with Crippen LogP contribution in [-0.2, 0) is 9.59 Å². The molecular formula is C13H24N2O2S. The Balaban J connectivity index is 2.87. The van der Waals surface area contributed by atoms with Gasteiger partial charge in [-0.3, -0.25) is 9.59 Å². The number of thioether (sulfide) groups is 1. The van der Waals surface area contributed by atoms with Crippen molar-refractivity contribution in [2.75, 3.05) is 18.1 Å². The summed E-state index contributed by atoms with van der Waals surface area (Å²) in [5.74, 6) is 1.98. The molecule has 1 aliphatic heterocycles. The van der Waals surface area contributed by atoms with Crippen molar-refractivity contribution in [1.29, 1.82) is 0 Å². The molecule has 0 spiro atoms. The summed E-state index contributed by atoms with van der Waals surface area (Å²) in [6.07, 6.45) is 1.31. The van der Waals surface area contributed by atoms with Crippen molar-refractivity contribution >= 4 is 23.6 Å². The molecule has 1 saturated heterocycles. The molecule has 2 atom stereocenters. The number of hydrogen-bond donors (Lipinski definition) is 1. The fourth-order valence-electron chi connectivity index (χ4n) is 2.21. The third-order valence-electron chi connectivity index (χ3n) is 3.71. The Morgan fingerprint density at radius 3 is 2.50 bits per heavy atom. The molecule has 4 nitrogen and oxygen atoms in total. The lowest BCUT2D eigenvalue weighted by molar-refractivity contribution is -0.156. The first-order valence-electron chi connectivity index (χ1n) is 6.71. The van der Waals surface area contributed by atoms with Crippen LogP contribution < -0.4 is 5.32 Å². The molecule has 5 heteroatoms. The van der Waals surface area contributed by atoms with E-state index in [1.807, 2.05) is 20.8 Å². The molecule has 0 aromatic carbocycles. The van der Waals surface area contributed by atoms with Gasteiger partial charge in [0.1, 0.15) is 11.6 Å². The number of carbonyl (C=O) groups is 2.